The van der Waals surface area contributed by atoms with Gasteiger partial charge < -0.3 is 19.7 Å². The number of benzene rings is 1. The first kappa shape index (κ1) is 17.1. The number of carbonyl (C=O) groups is 1. The second-order valence-electron chi connectivity index (χ2n) is 5.08. The van der Waals surface area contributed by atoms with E-state index in [-0.39, 0.29) is 6.03 Å². The summed E-state index contributed by atoms with van der Waals surface area (Å²) in [6.07, 6.45) is 0.902. The zero-order valence-corrected chi connectivity index (χ0v) is 14.5. The minimum absolute atomic E-state index is 0.131. The summed E-state index contributed by atoms with van der Waals surface area (Å²) in [5, 5.41) is 7.00. The van der Waals surface area contributed by atoms with Crippen LogP contribution < -0.4 is 14.8 Å². The van der Waals surface area contributed by atoms with Crippen molar-refractivity contribution in [2.75, 3.05) is 26.1 Å². The van der Waals surface area contributed by atoms with Crippen molar-refractivity contribution in [1.29, 1.82) is 0 Å². The maximum absolute atomic E-state index is 12.6. The quantitative estimate of drug-likeness (QED) is 0.825. The van der Waals surface area contributed by atoms with E-state index in [4.69, 9.17) is 9.47 Å². The summed E-state index contributed by atoms with van der Waals surface area (Å²) in [7, 11) is 3.17. The highest BCUT2D eigenvalue weighted by Crippen LogP contribution is 2.26. The Morgan fingerprint density at radius 3 is 2.43 bits per heavy atom. The molecule has 2 rings (SSSR count). The summed E-state index contributed by atoms with van der Waals surface area (Å²) >= 11 is 1.63. The van der Waals surface area contributed by atoms with Crippen LogP contribution in [0.1, 0.15) is 18.9 Å². The van der Waals surface area contributed by atoms with Crippen molar-refractivity contribution in [3.05, 3.63) is 40.6 Å². The van der Waals surface area contributed by atoms with Crippen LogP contribution >= 0.6 is 11.3 Å². The summed E-state index contributed by atoms with van der Waals surface area (Å²) < 4.78 is 10.5. The van der Waals surface area contributed by atoms with Gasteiger partial charge in [-0.15, -0.1) is 0 Å². The average Bonchev–Trinajstić information content (AvgIpc) is 3.07. The van der Waals surface area contributed by atoms with E-state index in [0.29, 0.717) is 30.3 Å². The van der Waals surface area contributed by atoms with E-state index in [9.17, 15) is 4.79 Å². The molecule has 0 unspecified atom stereocenters. The maximum atomic E-state index is 12.6. The number of ether oxygens (including phenoxy) is 2. The number of anilines is 1. The topological polar surface area (TPSA) is 50.8 Å². The lowest BCUT2D eigenvalue weighted by molar-refractivity contribution is 0.209. The third-order valence-electron chi connectivity index (χ3n) is 3.34. The molecule has 2 amide bonds. The molecule has 0 aliphatic rings. The van der Waals surface area contributed by atoms with E-state index in [1.807, 2.05) is 11.4 Å². The first-order valence-corrected chi connectivity index (χ1v) is 8.40. The van der Waals surface area contributed by atoms with Crippen LogP contribution in [-0.2, 0) is 6.54 Å². The Bertz CT molecular complexity index is 607. The molecule has 0 aliphatic heterocycles. The Labute approximate surface area is 140 Å². The van der Waals surface area contributed by atoms with Crippen LogP contribution in [0.25, 0.3) is 0 Å². The highest BCUT2D eigenvalue weighted by molar-refractivity contribution is 7.07. The van der Waals surface area contributed by atoms with E-state index >= 15 is 0 Å². The largest absolute Gasteiger partial charge is 0.497 e. The molecule has 0 bridgehead atoms. The van der Waals surface area contributed by atoms with Crippen LogP contribution in [0.5, 0.6) is 11.5 Å². The van der Waals surface area contributed by atoms with Gasteiger partial charge in [0.15, 0.2) is 0 Å². The molecular weight excluding hydrogens is 312 g/mol. The van der Waals surface area contributed by atoms with Gasteiger partial charge in [-0.3, -0.25) is 0 Å². The Kier molecular flexibility index (Phi) is 6.29. The fourth-order valence-corrected chi connectivity index (χ4v) is 2.87. The first-order chi connectivity index (χ1) is 11.2. The molecule has 0 fully saturated rings. The molecule has 0 saturated heterocycles. The zero-order valence-electron chi connectivity index (χ0n) is 13.7. The number of carbonyl (C=O) groups excluding carboxylic acids is 1. The second kappa shape index (κ2) is 8.43. The lowest BCUT2D eigenvalue weighted by Crippen LogP contribution is -2.35. The van der Waals surface area contributed by atoms with E-state index in [1.165, 1.54) is 0 Å². The van der Waals surface area contributed by atoms with Crippen LogP contribution in [0.15, 0.2) is 35.0 Å². The van der Waals surface area contributed by atoms with Crippen LogP contribution in [-0.4, -0.2) is 31.7 Å². The van der Waals surface area contributed by atoms with Gasteiger partial charge >= 0.3 is 6.03 Å². The third kappa shape index (κ3) is 4.89. The number of hydrogen-bond acceptors (Lipinski definition) is 4. The number of rotatable bonds is 7. The minimum atomic E-state index is -0.131. The van der Waals surface area contributed by atoms with Gasteiger partial charge in [0, 0.05) is 37.0 Å². The number of nitrogens with one attached hydrogen (secondary N) is 1. The molecule has 1 heterocycles. The van der Waals surface area contributed by atoms with E-state index in [2.05, 4.69) is 17.6 Å². The summed E-state index contributed by atoms with van der Waals surface area (Å²) in [6.45, 7) is 3.36. The van der Waals surface area contributed by atoms with Gasteiger partial charge in [0.05, 0.1) is 14.2 Å². The van der Waals surface area contributed by atoms with E-state index in [1.54, 1.807) is 48.7 Å². The Balaban J connectivity index is 2.11. The Morgan fingerprint density at radius 1 is 1.22 bits per heavy atom. The van der Waals surface area contributed by atoms with Gasteiger partial charge in [-0.25, -0.2) is 4.79 Å². The van der Waals surface area contributed by atoms with Gasteiger partial charge in [-0.1, -0.05) is 6.92 Å². The fraction of sp³-hybridized carbons (Fsp3) is 0.353. The van der Waals surface area contributed by atoms with Crippen molar-refractivity contribution in [1.82, 2.24) is 4.90 Å². The predicted molar refractivity (Wildman–Crippen MR) is 93.6 cm³/mol. The van der Waals surface area contributed by atoms with Crippen molar-refractivity contribution in [3.63, 3.8) is 0 Å². The van der Waals surface area contributed by atoms with Crippen LogP contribution in [0.2, 0.25) is 0 Å². The minimum Gasteiger partial charge on any atom is -0.497 e. The molecule has 124 valence electrons. The normalized spacial score (nSPS) is 10.2. The van der Waals surface area contributed by atoms with Crippen molar-refractivity contribution >= 4 is 23.1 Å². The lowest BCUT2D eigenvalue weighted by Gasteiger charge is -2.22. The Morgan fingerprint density at radius 2 is 1.91 bits per heavy atom. The van der Waals surface area contributed by atoms with Crippen molar-refractivity contribution in [3.8, 4) is 11.5 Å². The molecule has 6 heteroatoms. The fourth-order valence-electron chi connectivity index (χ4n) is 2.21. The van der Waals surface area contributed by atoms with Gasteiger partial charge in [-0.2, -0.15) is 11.3 Å². The molecule has 2 aromatic rings. The van der Waals surface area contributed by atoms with Crippen molar-refractivity contribution in [2.45, 2.75) is 19.9 Å². The van der Waals surface area contributed by atoms with Crippen LogP contribution in [0.4, 0.5) is 10.5 Å². The number of nitrogens with zero attached hydrogens (tertiary/aromatic N) is 1. The number of methoxy groups -OCH3 is 2. The van der Waals surface area contributed by atoms with Crippen LogP contribution in [0.3, 0.4) is 0 Å². The number of amides is 2. The van der Waals surface area contributed by atoms with E-state index in [0.717, 1.165) is 12.0 Å². The van der Waals surface area contributed by atoms with Gasteiger partial charge in [0.25, 0.3) is 0 Å². The first-order valence-electron chi connectivity index (χ1n) is 7.46. The summed E-state index contributed by atoms with van der Waals surface area (Å²) in [6, 6.07) is 7.22. The molecule has 1 aromatic heterocycles. The summed E-state index contributed by atoms with van der Waals surface area (Å²) in [4.78, 5) is 14.4. The average molecular weight is 334 g/mol. The van der Waals surface area contributed by atoms with Gasteiger partial charge in [0.1, 0.15) is 11.5 Å². The molecule has 0 saturated carbocycles. The molecule has 1 aromatic carbocycles. The van der Waals surface area contributed by atoms with E-state index < -0.39 is 0 Å². The molecule has 5 nitrogen and oxygen atoms in total. The molecule has 0 spiro atoms. The lowest BCUT2D eigenvalue weighted by atomic mass is 10.2. The summed E-state index contributed by atoms with van der Waals surface area (Å²) in [5.74, 6) is 1.28. The highest BCUT2D eigenvalue weighted by Gasteiger charge is 2.14. The predicted octanol–water partition coefficient (Wildman–Crippen LogP) is 4.21. The van der Waals surface area contributed by atoms with Gasteiger partial charge in [0.2, 0.25) is 0 Å². The molecular formula is C17H22N2O3S. The van der Waals surface area contributed by atoms with Crippen molar-refractivity contribution < 1.29 is 14.3 Å². The molecule has 0 atom stereocenters. The molecule has 0 radical (unpaired) electrons. The number of hydrogen-bond donors (Lipinski definition) is 1. The van der Waals surface area contributed by atoms with Crippen molar-refractivity contribution in [2.24, 2.45) is 0 Å². The standard InChI is InChI=1S/C17H22N2O3S/c1-4-6-19(11-13-5-7-23-12-13)17(20)18-14-8-15(21-2)10-16(9-14)22-3/h5,7-10,12H,4,6,11H2,1-3H3,(H,18,20). The molecule has 1 N–H and O–H groups in total. The van der Waals surface area contributed by atoms with Gasteiger partial charge in [-0.05, 0) is 28.8 Å². The number of thiophene rings is 1. The maximum Gasteiger partial charge on any atom is 0.322 e. The summed E-state index contributed by atoms with van der Waals surface area (Å²) in [5.41, 5.74) is 1.79. The Hall–Kier alpha value is -2.21. The smallest absolute Gasteiger partial charge is 0.322 e. The second-order valence-corrected chi connectivity index (χ2v) is 5.86. The zero-order chi connectivity index (χ0) is 16.7. The monoisotopic (exact) mass is 334 g/mol. The molecule has 23 heavy (non-hydrogen) atoms. The third-order valence-corrected chi connectivity index (χ3v) is 4.07. The number of urea groups is 1. The highest BCUT2D eigenvalue weighted by atomic mass is 32.1. The van der Waals surface area contributed by atoms with Crippen LogP contribution in [0, 0.1) is 0 Å². The SMILES string of the molecule is CCCN(Cc1ccsc1)C(=O)Nc1cc(OC)cc(OC)c1. The molecule has 0 aliphatic carbocycles.